The van der Waals surface area contributed by atoms with E-state index in [-0.39, 0.29) is 5.91 Å². The van der Waals surface area contributed by atoms with Gasteiger partial charge in [-0.25, -0.2) is 0 Å². The van der Waals surface area contributed by atoms with Crippen molar-refractivity contribution in [3.8, 4) is 5.88 Å². The van der Waals surface area contributed by atoms with E-state index in [4.69, 9.17) is 21.1 Å². The molecule has 0 bridgehead atoms. The van der Waals surface area contributed by atoms with E-state index in [9.17, 15) is 4.79 Å². The van der Waals surface area contributed by atoms with Gasteiger partial charge in [0, 0.05) is 30.8 Å². The van der Waals surface area contributed by atoms with Gasteiger partial charge in [0.25, 0.3) is 0 Å². The van der Waals surface area contributed by atoms with E-state index in [1.807, 2.05) is 17.0 Å². The molecule has 0 radical (unpaired) electrons. The van der Waals surface area contributed by atoms with E-state index in [0.717, 1.165) is 29.7 Å². The van der Waals surface area contributed by atoms with E-state index in [2.05, 4.69) is 16.5 Å². The number of aromatic nitrogens is 2. The molecular formula is C17H22ClN3O3. The van der Waals surface area contributed by atoms with Crippen molar-refractivity contribution in [2.45, 2.75) is 32.9 Å². The van der Waals surface area contributed by atoms with Gasteiger partial charge in [-0.3, -0.25) is 4.79 Å². The number of fused-ring (bicyclic) bond motifs is 3. The molecule has 130 valence electrons. The minimum Gasteiger partial charge on any atom is -0.480 e. The summed E-state index contributed by atoms with van der Waals surface area (Å²) in [6.45, 7) is 5.23. The molecule has 0 N–H and O–H groups in total. The van der Waals surface area contributed by atoms with Crippen LogP contribution in [0.2, 0.25) is 5.02 Å². The van der Waals surface area contributed by atoms with Crippen molar-refractivity contribution < 1.29 is 14.3 Å². The number of halogens is 1. The van der Waals surface area contributed by atoms with Gasteiger partial charge in [0.15, 0.2) is 0 Å². The molecule has 24 heavy (non-hydrogen) atoms. The Bertz CT molecular complexity index is 744. The number of hydrogen-bond acceptors (Lipinski definition) is 4. The van der Waals surface area contributed by atoms with Crippen LogP contribution in [0.15, 0.2) is 12.1 Å². The van der Waals surface area contributed by atoms with E-state index in [1.165, 1.54) is 0 Å². The lowest BCUT2D eigenvalue weighted by atomic mass is 10.2. The highest BCUT2D eigenvalue weighted by Crippen LogP contribution is 2.30. The van der Waals surface area contributed by atoms with Crippen molar-refractivity contribution in [3.05, 3.63) is 22.8 Å². The predicted molar refractivity (Wildman–Crippen MR) is 92.4 cm³/mol. The molecule has 1 aliphatic heterocycles. The fourth-order valence-electron chi connectivity index (χ4n) is 2.99. The van der Waals surface area contributed by atoms with Crippen LogP contribution in [-0.4, -0.2) is 47.2 Å². The maximum Gasteiger partial charge on any atom is 0.234 e. The number of amides is 1. The third kappa shape index (κ3) is 3.35. The largest absolute Gasteiger partial charge is 0.480 e. The van der Waals surface area contributed by atoms with Gasteiger partial charge >= 0.3 is 0 Å². The second-order valence-electron chi connectivity index (χ2n) is 5.86. The highest BCUT2D eigenvalue weighted by atomic mass is 35.5. The topological polar surface area (TPSA) is 56.6 Å². The van der Waals surface area contributed by atoms with Crippen molar-refractivity contribution in [1.82, 2.24) is 14.5 Å². The first-order valence-corrected chi connectivity index (χ1v) is 8.60. The van der Waals surface area contributed by atoms with Crippen molar-refractivity contribution in [1.29, 1.82) is 0 Å². The van der Waals surface area contributed by atoms with Crippen molar-refractivity contribution in [2.75, 3.05) is 26.9 Å². The summed E-state index contributed by atoms with van der Waals surface area (Å²) in [6.07, 6.45) is 1.40. The standard InChI is InChI=1S/C17H22ClN3O3/c1-3-7-24-8-4-15(22)20-5-6-21-13(11-20)9-12-10-14(18)17(23-2)19-16(12)21/h9-10H,3-8,11H2,1-2H3. The monoisotopic (exact) mass is 351 g/mol. The van der Waals surface area contributed by atoms with Gasteiger partial charge in [0.1, 0.15) is 10.7 Å². The summed E-state index contributed by atoms with van der Waals surface area (Å²) in [6, 6.07) is 3.90. The van der Waals surface area contributed by atoms with Crippen LogP contribution in [0, 0.1) is 0 Å². The first-order chi connectivity index (χ1) is 11.6. The van der Waals surface area contributed by atoms with Crippen LogP contribution >= 0.6 is 11.6 Å². The summed E-state index contributed by atoms with van der Waals surface area (Å²) in [7, 11) is 1.56. The zero-order chi connectivity index (χ0) is 17.1. The molecule has 2 aromatic rings. The number of carbonyl (C=O) groups excluding carboxylic acids is 1. The molecule has 0 saturated carbocycles. The molecule has 3 heterocycles. The van der Waals surface area contributed by atoms with Crippen molar-refractivity contribution >= 4 is 28.5 Å². The van der Waals surface area contributed by atoms with Crippen LogP contribution in [0.5, 0.6) is 5.88 Å². The summed E-state index contributed by atoms with van der Waals surface area (Å²) >= 11 is 6.15. The Morgan fingerprint density at radius 1 is 1.33 bits per heavy atom. The first kappa shape index (κ1) is 17.0. The normalized spacial score (nSPS) is 14.0. The molecule has 1 amide bonds. The maximum atomic E-state index is 12.3. The highest BCUT2D eigenvalue weighted by molar-refractivity contribution is 6.32. The van der Waals surface area contributed by atoms with E-state index >= 15 is 0 Å². The van der Waals surface area contributed by atoms with Crippen LogP contribution in [0.25, 0.3) is 11.0 Å². The molecule has 3 rings (SSSR count). The molecule has 2 aromatic heterocycles. The predicted octanol–water partition coefficient (Wildman–Crippen LogP) is 2.86. The third-order valence-electron chi connectivity index (χ3n) is 4.18. The lowest BCUT2D eigenvalue weighted by molar-refractivity contribution is -0.133. The number of hydrogen-bond donors (Lipinski definition) is 0. The average molecular weight is 352 g/mol. The van der Waals surface area contributed by atoms with Crippen LogP contribution in [0.1, 0.15) is 25.5 Å². The van der Waals surface area contributed by atoms with Gasteiger partial charge < -0.3 is 18.9 Å². The Balaban J connectivity index is 1.74. The maximum absolute atomic E-state index is 12.3. The molecule has 0 unspecified atom stereocenters. The lowest BCUT2D eigenvalue weighted by Crippen LogP contribution is -2.38. The van der Waals surface area contributed by atoms with Crippen LogP contribution < -0.4 is 4.74 Å². The molecule has 0 aliphatic carbocycles. The summed E-state index contributed by atoms with van der Waals surface area (Å²) in [5.41, 5.74) is 1.92. The second kappa shape index (κ2) is 7.40. The van der Waals surface area contributed by atoms with Gasteiger partial charge in [0.2, 0.25) is 11.8 Å². The zero-order valence-corrected chi connectivity index (χ0v) is 14.8. The molecule has 0 atom stereocenters. The Hall–Kier alpha value is -1.79. The van der Waals surface area contributed by atoms with Crippen LogP contribution in [-0.2, 0) is 22.6 Å². The summed E-state index contributed by atoms with van der Waals surface area (Å²) in [5.74, 6) is 0.558. The number of carbonyl (C=O) groups is 1. The number of pyridine rings is 1. The molecule has 0 aromatic carbocycles. The summed E-state index contributed by atoms with van der Waals surface area (Å²) < 4.78 is 12.7. The number of nitrogens with zero attached hydrogens (tertiary/aromatic N) is 3. The average Bonchev–Trinajstić information content (AvgIpc) is 2.93. The summed E-state index contributed by atoms with van der Waals surface area (Å²) in [4.78, 5) is 18.7. The molecule has 7 heteroatoms. The van der Waals surface area contributed by atoms with Gasteiger partial charge in [-0.2, -0.15) is 4.98 Å². The van der Waals surface area contributed by atoms with Crippen molar-refractivity contribution in [3.63, 3.8) is 0 Å². The minimum absolute atomic E-state index is 0.131. The minimum atomic E-state index is 0.131. The lowest BCUT2D eigenvalue weighted by Gasteiger charge is -2.28. The van der Waals surface area contributed by atoms with Gasteiger partial charge in [-0.1, -0.05) is 18.5 Å². The second-order valence-corrected chi connectivity index (χ2v) is 6.26. The highest BCUT2D eigenvalue weighted by Gasteiger charge is 2.23. The SMILES string of the molecule is CCCOCCC(=O)N1CCn2c(cc3cc(Cl)c(OC)nc32)C1. The molecule has 0 saturated heterocycles. The van der Waals surface area contributed by atoms with Gasteiger partial charge in [-0.05, 0) is 18.6 Å². The van der Waals surface area contributed by atoms with Crippen LogP contribution in [0.3, 0.4) is 0 Å². The van der Waals surface area contributed by atoms with Crippen LogP contribution in [0.4, 0.5) is 0 Å². The van der Waals surface area contributed by atoms with E-state index < -0.39 is 0 Å². The number of methoxy groups -OCH3 is 1. The first-order valence-electron chi connectivity index (χ1n) is 8.22. The fraction of sp³-hybridized carbons (Fsp3) is 0.529. The molecular weight excluding hydrogens is 330 g/mol. The molecule has 1 aliphatic rings. The van der Waals surface area contributed by atoms with E-state index in [0.29, 0.717) is 43.6 Å². The Kier molecular flexibility index (Phi) is 5.26. The smallest absolute Gasteiger partial charge is 0.234 e. The third-order valence-corrected chi connectivity index (χ3v) is 4.45. The zero-order valence-electron chi connectivity index (χ0n) is 14.0. The van der Waals surface area contributed by atoms with Gasteiger partial charge in [0.05, 0.1) is 26.7 Å². The van der Waals surface area contributed by atoms with Crippen molar-refractivity contribution in [2.24, 2.45) is 0 Å². The quantitative estimate of drug-likeness (QED) is 0.751. The fourth-order valence-corrected chi connectivity index (χ4v) is 3.23. The summed E-state index contributed by atoms with van der Waals surface area (Å²) in [5, 5.41) is 1.46. The Labute approximate surface area is 146 Å². The Morgan fingerprint density at radius 2 is 2.17 bits per heavy atom. The molecule has 6 nitrogen and oxygen atoms in total. The number of rotatable bonds is 6. The van der Waals surface area contributed by atoms with E-state index in [1.54, 1.807) is 7.11 Å². The molecule has 0 spiro atoms. The number of ether oxygens (including phenoxy) is 2. The Morgan fingerprint density at radius 3 is 2.92 bits per heavy atom. The van der Waals surface area contributed by atoms with Gasteiger partial charge in [-0.15, -0.1) is 0 Å². The molecule has 0 fully saturated rings.